The van der Waals surface area contributed by atoms with Crippen LogP contribution in [0, 0.1) is 5.92 Å². The van der Waals surface area contributed by atoms with Gasteiger partial charge in [-0.25, -0.2) is 0 Å². The van der Waals surface area contributed by atoms with Crippen molar-refractivity contribution in [2.45, 2.75) is 63.5 Å². The summed E-state index contributed by atoms with van der Waals surface area (Å²) in [6.45, 7) is 4.19. The summed E-state index contributed by atoms with van der Waals surface area (Å²) in [5.41, 5.74) is 10.3. The van der Waals surface area contributed by atoms with Gasteiger partial charge in [-0.3, -0.25) is 4.79 Å². The fraction of sp³-hybridized carbons (Fsp3) is 0.929. The van der Waals surface area contributed by atoms with E-state index >= 15 is 0 Å². The van der Waals surface area contributed by atoms with Gasteiger partial charge < -0.3 is 16.4 Å². The van der Waals surface area contributed by atoms with Gasteiger partial charge in [0.05, 0.1) is 5.54 Å². The van der Waals surface area contributed by atoms with Gasteiger partial charge in [-0.05, 0) is 64.3 Å². The first kappa shape index (κ1) is 13.8. The minimum Gasteiger partial charge on any atom is -0.368 e. The van der Waals surface area contributed by atoms with Crippen LogP contribution in [0.4, 0.5) is 0 Å². The largest absolute Gasteiger partial charge is 0.368 e. The van der Waals surface area contributed by atoms with Crippen LogP contribution in [0.1, 0.15) is 51.9 Å². The number of carbonyl (C=O) groups is 1. The Morgan fingerprint density at radius 1 is 1.28 bits per heavy atom. The second-order valence-corrected chi connectivity index (χ2v) is 6.41. The van der Waals surface area contributed by atoms with E-state index < -0.39 is 5.54 Å². The van der Waals surface area contributed by atoms with Crippen molar-refractivity contribution in [3.63, 3.8) is 0 Å². The Bertz CT molecular complexity index is 295. The topological polar surface area (TPSA) is 72.3 Å². The normalized spacial score (nSPS) is 23.1. The molecule has 18 heavy (non-hydrogen) atoms. The van der Waals surface area contributed by atoms with Gasteiger partial charge in [-0.2, -0.15) is 0 Å². The second kappa shape index (κ2) is 5.57. The Labute approximate surface area is 110 Å². The molecular weight excluding hydrogens is 226 g/mol. The van der Waals surface area contributed by atoms with E-state index in [2.05, 4.69) is 4.90 Å². The summed E-state index contributed by atoms with van der Waals surface area (Å²) in [4.78, 5) is 13.8. The maximum absolute atomic E-state index is 11.1. The van der Waals surface area contributed by atoms with E-state index in [0.717, 1.165) is 31.3 Å². The first-order valence-corrected chi connectivity index (χ1v) is 7.32. The zero-order valence-electron chi connectivity index (χ0n) is 11.5. The Kier molecular flexibility index (Phi) is 4.28. The highest BCUT2D eigenvalue weighted by atomic mass is 16.1. The molecule has 0 aliphatic heterocycles. The molecule has 1 amide bonds. The fourth-order valence-electron chi connectivity index (χ4n) is 2.43. The zero-order chi connectivity index (χ0) is 13.2. The Balaban J connectivity index is 1.62. The molecule has 1 unspecified atom stereocenters. The third-order valence-electron chi connectivity index (χ3n) is 4.21. The van der Waals surface area contributed by atoms with E-state index in [1.165, 1.54) is 32.2 Å². The van der Waals surface area contributed by atoms with Crippen LogP contribution in [0.2, 0.25) is 0 Å². The molecule has 0 aromatic heterocycles. The molecule has 104 valence electrons. The molecule has 0 aromatic carbocycles. The standard InChI is InChI=1S/C14H27N3O/c1-14(16,13(15)18)8-2-3-9-17(12-6-7-12)10-11-4-5-11/h11-12H,2-10,16H2,1H3,(H2,15,18). The molecule has 4 N–H and O–H groups in total. The number of nitrogens with zero attached hydrogens (tertiary/aromatic N) is 1. The lowest BCUT2D eigenvalue weighted by molar-refractivity contribution is -0.122. The van der Waals surface area contributed by atoms with Crippen LogP contribution >= 0.6 is 0 Å². The summed E-state index contributed by atoms with van der Waals surface area (Å²) in [6.07, 6.45) is 8.42. The molecule has 0 aromatic rings. The lowest BCUT2D eigenvalue weighted by atomic mass is 9.95. The molecule has 2 aliphatic rings. The molecule has 4 heteroatoms. The van der Waals surface area contributed by atoms with E-state index in [1.807, 2.05) is 0 Å². The second-order valence-electron chi connectivity index (χ2n) is 6.41. The van der Waals surface area contributed by atoms with E-state index in [0.29, 0.717) is 6.42 Å². The molecular formula is C14H27N3O. The smallest absolute Gasteiger partial charge is 0.237 e. The van der Waals surface area contributed by atoms with E-state index in [9.17, 15) is 4.79 Å². The summed E-state index contributed by atoms with van der Waals surface area (Å²) >= 11 is 0. The third-order valence-corrected chi connectivity index (χ3v) is 4.21. The molecule has 1 atom stereocenters. The van der Waals surface area contributed by atoms with Crippen molar-refractivity contribution in [1.82, 2.24) is 4.90 Å². The van der Waals surface area contributed by atoms with Gasteiger partial charge in [0.1, 0.15) is 0 Å². The third kappa shape index (κ3) is 4.25. The zero-order valence-corrected chi connectivity index (χ0v) is 11.5. The summed E-state index contributed by atoms with van der Waals surface area (Å²) < 4.78 is 0. The number of hydrogen-bond donors (Lipinski definition) is 2. The van der Waals surface area contributed by atoms with Crippen LogP contribution in [0.25, 0.3) is 0 Å². The van der Waals surface area contributed by atoms with Gasteiger partial charge in [0.2, 0.25) is 5.91 Å². The van der Waals surface area contributed by atoms with Crippen molar-refractivity contribution in [1.29, 1.82) is 0 Å². The number of unbranched alkanes of at least 4 members (excludes halogenated alkanes) is 1. The van der Waals surface area contributed by atoms with Crippen molar-refractivity contribution >= 4 is 5.91 Å². The molecule has 0 spiro atoms. The summed E-state index contributed by atoms with van der Waals surface area (Å²) in [5.74, 6) is 0.579. The average Bonchev–Trinajstić information content (AvgIpc) is 3.14. The highest BCUT2D eigenvalue weighted by Crippen LogP contribution is 2.34. The number of carbonyl (C=O) groups excluding carboxylic acids is 1. The molecule has 2 rings (SSSR count). The van der Waals surface area contributed by atoms with E-state index in [-0.39, 0.29) is 5.91 Å². The maximum Gasteiger partial charge on any atom is 0.237 e. The summed E-state index contributed by atoms with van der Waals surface area (Å²) in [6, 6.07) is 0.853. The molecule has 2 fully saturated rings. The maximum atomic E-state index is 11.1. The van der Waals surface area contributed by atoms with Crippen LogP contribution in [0.15, 0.2) is 0 Å². The quantitative estimate of drug-likeness (QED) is 0.607. The fourth-order valence-corrected chi connectivity index (χ4v) is 2.43. The minimum atomic E-state index is -0.832. The molecule has 4 nitrogen and oxygen atoms in total. The SMILES string of the molecule is CC(N)(CCCCN(CC1CC1)C1CC1)C(N)=O. The Morgan fingerprint density at radius 2 is 1.94 bits per heavy atom. The average molecular weight is 253 g/mol. The van der Waals surface area contributed by atoms with E-state index in [1.54, 1.807) is 6.92 Å². The molecule has 2 aliphatic carbocycles. The lowest BCUT2D eigenvalue weighted by Crippen LogP contribution is -2.49. The summed E-state index contributed by atoms with van der Waals surface area (Å²) in [7, 11) is 0. The predicted octanol–water partition coefficient (Wildman–Crippen LogP) is 1.23. The van der Waals surface area contributed by atoms with Crippen LogP contribution in [-0.2, 0) is 4.79 Å². The van der Waals surface area contributed by atoms with Crippen molar-refractivity contribution in [3.8, 4) is 0 Å². The molecule has 0 heterocycles. The minimum absolute atomic E-state index is 0.389. The highest BCUT2D eigenvalue weighted by molar-refractivity contribution is 5.83. The number of primary amides is 1. The van der Waals surface area contributed by atoms with Crippen molar-refractivity contribution in [2.24, 2.45) is 17.4 Å². The van der Waals surface area contributed by atoms with Gasteiger partial charge >= 0.3 is 0 Å². The van der Waals surface area contributed by atoms with E-state index in [4.69, 9.17) is 11.5 Å². The van der Waals surface area contributed by atoms with Crippen molar-refractivity contribution < 1.29 is 4.79 Å². The number of rotatable bonds is 9. The van der Waals surface area contributed by atoms with Gasteiger partial charge in [0.15, 0.2) is 0 Å². The molecule has 0 bridgehead atoms. The molecule has 0 saturated heterocycles. The van der Waals surface area contributed by atoms with Gasteiger partial charge in [0, 0.05) is 12.6 Å². The first-order chi connectivity index (χ1) is 8.49. The van der Waals surface area contributed by atoms with Crippen LogP contribution < -0.4 is 11.5 Å². The number of amides is 1. The number of nitrogens with two attached hydrogens (primary N) is 2. The van der Waals surface area contributed by atoms with Crippen LogP contribution in [0.3, 0.4) is 0 Å². The Hall–Kier alpha value is -0.610. The molecule has 2 saturated carbocycles. The first-order valence-electron chi connectivity index (χ1n) is 7.32. The highest BCUT2D eigenvalue weighted by Gasteiger charge is 2.33. The monoisotopic (exact) mass is 253 g/mol. The molecule has 0 radical (unpaired) electrons. The summed E-state index contributed by atoms with van der Waals surface area (Å²) in [5, 5.41) is 0. The van der Waals surface area contributed by atoms with Crippen molar-refractivity contribution in [2.75, 3.05) is 13.1 Å². The van der Waals surface area contributed by atoms with Gasteiger partial charge in [-0.15, -0.1) is 0 Å². The predicted molar refractivity (Wildman–Crippen MR) is 73.0 cm³/mol. The van der Waals surface area contributed by atoms with Gasteiger partial charge in [0.25, 0.3) is 0 Å². The van der Waals surface area contributed by atoms with Crippen LogP contribution in [-0.4, -0.2) is 35.5 Å². The van der Waals surface area contributed by atoms with Crippen molar-refractivity contribution in [3.05, 3.63) is 0 Å². The number of hydrogen-bond acceptors (Lipinski definition) is 3. The van der Waals surface area contributed by atoms with Crippen LogP contribution in [0.5, 0.6) is 0 Å². The Morgan fingerprint density at radius 3 is 2.44 bits per heavy atom. The lowest BCUT2D eigenvalue weighted by Gasteiger charge is -2.23. The van der Waals surface area contributed by atoms with Gasteiger partial charge in [-0.1, -0.05) is 0 Å².